The average Bonchev–Trinajstić information content (AvgIpc) is 2.13. The molecule has 2 rings (SSSR count). The molecule has 0 aromatic carbocycles. The van der Waals surface area contributed by atoms with Gasteiger partial charge in [-0.25, -0.2) is 8.61 Å². The van der Waals surface area contributed by atoms with Gasteiger partial charge in [0.25, 0.3) is 0 Å². The van der Waals surface area contributed by atoms with Crippen LogP contribution in [-0.4, -0.2) is 34.4 Å². The molecular formula is C12H17NO3S. The maximum Gasteiger partial charge on any atom is 0.165 e. The Morgan fingerprint density at radius 3 is 2.82 bits per heavy atom. The van der Waals surface area contributed by atoms with Gasteiger partial charge in [0.05, 0.1) is 33.5 Å². The van der Waals surface area contributed by atoms with E-state index in [0.717, 1.165) is 0 Å². The summed E-state index contributed by atoms with van der Waals surface area (Å²) in [5.74, 6) is 0.909. The Bertz CT molecular complexity index is 506. The first kappa shape index (κ1) is 12.4. The molecule has 94 valence electrons. The van der Waals surface area contributed by atoms with Gasteiger partial charge in [-0.05, 0) is 25.7 Å². The Balaban J connectivity index is 2.18. The molecule has 4 nitrogen and oxygen atoms in total. The fourth-order valence-corrected chi connectivity index (χ4v) is 2.72. The van der Waals surface area contributed by atoms with Crippen LogP contribution in [-0.2, 0) is 19.2 Å². The van der Waals surface area contributed by atoms with Gasteiger partial charge in [-0.15, -0.1) is 0 Å². The van der Waals surface area contributed by atoms with Crippen LogP contribution >= 0.6 is 0 Å². The number of ether oxygens (including phenoxy) is 1. The maximum absolute atomic E-state index is 11.8. The summed E-state index contributed by atoms with van der Waals surface area (Å²) in [6.07, 6.45) is 6.52. The number of carbonyl (C=O) groups is 1. The number of carbonyl (C=O) groups excluding carboxylic acids is 1. The van der Waals surface area contributed by atoms with Crippen LogP contribution < -0.4 is 0 Å². The van der Waals surface area contributed by atoms with Crippen molar-refractivity contribution in [2.45, 2.75) is 26.2 Å². The first-order chi connectivity index (χ1) is 7.98. The first-order valence-corrected chi connectivity index (χ1v) is 7.74. The van der Waals surface area contributed by atoms with E-state index in [1.54, 1.807) is 0 Å². The molecule has 0 aromatic heterocycles. The molecule has 1 fully saturated rings. The number of hydrogen-bond donors (Lipinski definition) is 0. The summed E-state index contributed by atoms with van der Waals surface area (Å²) < 4.78 is 21.3. The monoisotopic (exact) mass is 255 g/mol. The summed E-state index contributed by atoms with van der Waals surface area (Å²) in [4.78, 5) is 11.4. The summed E-state index contributed by atoms with van der Waals surface area (Å²) in [5, 5.41) is 1.47. The molecule has 1 saturated carbocycles. The number of allylic oxidation sites excluding steroid dienone is 2. The molecule has 1 atom stereocenters. The molecule has 5 heteroatoms. The second kappa shape index (κ2) is 4.64. The second-order valence-electron chi connectivity index (χ2n) is 4.66. The van der Waals surface area contributed by atoms with E-state index in [2.05, 4.69) is 4.40 Å². The molecule has 0 N–H and O–H groups in total. The van der Waals surface area contributed by atoms with Crippen molar-refractivity contribution >= 4 is 27.1 Å². The highest BCUT2D eigenvalue weighted by molar-refractivity contribution is 7.99. The lowest BCUT2D eigenvalue weighted by molar-refractivity contribution is -0.113. The predicted octanol–water partition coefficient (Wildman–Crippen LogP) is 1.36. The molecule has 1 aliphatic heterocycles. The third-order valence-corrected chi connectivity index (χ3v) is 4.24. The minimum absolute atomic E-state index is 0.108. The molecule has 0 bridgehead atoms. The number of hydrogen-bond acceptors (Lipinski definition) is 3. The van der Waals surface area contributed by atoms with Gasteiger partial charge in [0, 0.05) is 6.26 Å². The van der Waals surface area contributed by atoms with Gasteiger partial charge in [-0.3, -0.25) is 4.79 Å². The van der Waals surface area contributed by atoms with Crippen LogP contribution in [0.4, 0.5) is 0 Å². The smallest absolute Gasteiger partial charge is 0.165 e. The Morgan fingerprint density at radius 2 is 2.29 bits per heavy atom. The van der Waals surface area contributed by atoms with Gasteiger partial charge >= 0.3 is 0 Å². The van der Waals surface area contributed by atoms with Gasteiger partial charge in [-0.2, -0.15) is 0 Å². The van der Waals surface area contributed by atoms with E-state index in [4.69, 9.17) is 4.74 Å². The molecule has 1 unspecified atom stereocenters. The van der Waals surface area contributed by atoms with E-state index in [0.29, 0.717) is 23.9 Å². The third-order valence-electron chi connectivity index (χ3n) is 3.06. The third kappa shape index (κ3) is 2.97. The van der Waals surface area contributed by atoms with Crippen LogP contribution in [0.1, 0.15) is 26.2 Å². The van der Waals surface area contributed by atoms with Crippen LogP contribution in [0.15, 0.2) is 15.7 Å². The molecule has 0 spiro atoms. The highest BCUT2D eigenvalue weighted by atomic mass is 32.2. The Morgan fingerprint density at radius 1 is 1.59 bits per heavy atom. The second-order valence-corrected chi connectivity index (χ2v) is 6.82. The topological polar surface area (TPSA) is 55.7 Å². The van der Waals surface area contributed by atoms with Crippen molar-refractivity contribution in [2.24, 2.45) is 10.3 Å². The van der Waals surface area contributed by atoms with Crippen LogP contribution in [0, 0.1) is 5.92 Å². The summed E-state index contributed by atoms with van der Waals surface area (Å²) in [6, 6.07) is 0. The molecule has 0 saturated heterocycles. The molecule has 0 radical (unpaired) electrons. The van der Waals surface area contributed by atoms with Crippen LogP contribution in [0.3, 0.4) is 0 Å². The van der Waals surface area contributed by atoms with Crippen molar-refractivity contribution < 1.29 is 13.7 Å². The lowest BCUT2D eigenvalue weighted by atomic mass is 9.86. The van der Waals surface area contributed by atoms with Crippen molar-refractivity contribution in [3.8, 4) is 0 Å². The highest BCUT2D eigenvalue weighted by Gasteiger charge is 2.21. The molecule has 17 heavy (non-hydrogen) atoms. The average molecular weight is 255 g/mol. The van der Waals surface area contributed by atoms with Crippen molar-refractivity contribution in [1.29, 1.82) is 0 Å². The fraction of sp³-hybridized carbons (Fsp3) is 0.583. The fourth-order valence-electron chi connectivity index (χ4n) is 1.76. The lowest BCUT2D eigenvalue weighted by Crippen LogP contribution is -2.21. The minimum Gasteiger partial charge on any atom is -0.492 e. The van der Waals surface area contributed by atoms with Crippen LogP contribution in [0.2, 0.25) is 0 Å². The summed E-state index contributed by atoms with van der Waals surface area (Å²) in [6.45, 7) is 2.07. The van der Waals surface area contributed by atoms with E-state index in [9.17, 15) is 9.00 Å². The largest absolute Gasteiger partial charge is 0.492 e. The van der Waals surface area contributed by atoms with Gasteiger partial charge in [0.15, 0.2) is 5.78 Å². The zero-order valence-electron chi connectivity index (χ0n) is 10.1. The molecule has 0 aromatic rings. The van der Waals surface area contributed by atoms with E-state index in [-0.39, 0.29) is 5.78 Å². The normalized spacial score (nSPS) is 28.6. The standard InChI is InChI=1S/C12H17NO3S/c1-9(14)11-6-13-17(2,15)8-12(11)16-7-10-4-3-5-10/h6,8,10H,3-5,7H2,1-2H3. The van der Waals surface area contributed by atoms with Gasteiger partial charge in [-0.1, -0.05) is 6.42 Å². The summed E-state index contributed by atoms with van der Waals surface area (Å²) in [7, 11) is -2.38. The highest BCUT2D eigenvalue weighted by Crippen LogP contribution is 2.27. The van der Waals surface area contributed by atoms with E-state index >= 15 is 0 Å². The Kier molecular flexibility index (Phi) is 3.38. The van der Waals surface area contributed by atoms with Crippen LogP contribution in [0.5, 0.6) is 0 Å². The van der Waals surface area contributed by atoms with Gasteiger partial charge < -0.3 is 4.74 Å². The van der Waals surface area contributed by atoms with E-state index in [1.165, 1.54) is 44.0 Å². The van der Waals surface area contributed by atoms with E-state index in [1.807, 2.05) is 0 Å². The maximum atomic E-state index is 11.8. The predicted molar refractivity (Wildman–Crippen MR) is 69.6 cm³/mol. The SMILES string of the molecule is CC(=O)C1=C(OCC2CCC2)C=S(C)(=O)N=C1. The van der Waals surface area contributed by atoms with Crippen molar-refractivity contribution in [3.05, 3.63) is 11.3 Å². The molecule has 1 aliphatic carbocycles. The van der Waals surface area contributed by atoms with E-state index < -0.39 is 9.71 Å². The molecule has 2 aliphatic rings. The van der Waals surface area contributed by atoms with Crippen molar-refractivity contribution in [1.82, 2.24) is 0 Å². The summed E-state index contributed by atoms with van der Waals surface area (Å²) >= 11 is 0. The van der Waals surface area contributed by atoms with Gasteiger partial charge in [0.2, 0.25) is 0 Å². The van der Waals surface area contributed by atoms with Crippen LogP contribution in [0.25, 0.3) is 0 Å². The van der Waals surface area contributed by atoms with Crippen molar-refractivity contribution in [2.75, 3.05) is 12.9 Å². The molecule has 1 heterocycles. The number of Topliss-reactive ketones (excluding diaryl/α,β-unsaturated/α-hetero) is 1. The number of rotatable bonds is 4. The van der Waals surface area contributed by atoms with Crippen molar-refractivity contribution in [3.63, 3.8) is 0 Å². The Hall–Kier alpha value is -1.10. The quantitative estimate of drug-likeness (QED) is 0.713. The zero-order chi connectivity index (χ0) is 12.5. The first-order valence-electron chi connectivity index (χ1n) is 5.75. The molecular weight excluding hydrogens is 238 g/mol. The lowest BCUT2D eigenvalue weighted by Gasteiger charge is -2.26. The molecule has 0 amide bonds. The zero-order valence-corrected chi connectivity index (χ0v) is 11.0. The Labute approximate surface area is 102 Å². The minimum atomic E-state index is -2.38. The summed E-state index contributed by atoms with van der Waals surface area (Å²) in [5.41, 5.74) is 0.421. The van der Waals surface area contributed by atoms with Gasteiger partial charge in [0.1, 0.15) is 5.76 Å². The number of ketones is 1. The number of nitrogens with zero attached hydrogens (tertiary/aromatic N) is 1.